The Morgan fingerprint density at radius 3 is 2.55 bits per heavy atom. The van der Waals surface area contributed by atoms with Gasteiger partial charge < -0.3 is 4.74 Å². The molecule has 7 rings (SSSR count). The van der Waals surface area contributed by atoms with Crippen LogP contribution in [0, 0.1) is 10.4 Å². The standard InChI is InChI=1S/C26H24O.C10H9N/c1-17-6-3-10-22-20(17)12-13-26-23-11-5-9-21(24(23)14-15-25(22)26)18-7-4-8-19(16-18)27-2;1-2-4-10-6-8-11-7-5-9(10)3-1/h4-5,7-9,11-14,16H,3,6,10,15H2,1-2H3;1-5,7-8H,6H2. The average molecular weight is 496 g/mol. The molecule has 0 saturated carbocycles. The summed E-state index contributed by atoms with van der Waals surface area (Å²) in [6.07, 6.45) is 14.0. The second-order valence-electron chi connectivity index (χ2n) is 10.2. The van der Waals surface area contributed by atoms with E-state index in [1.54, 1.807) is 23.8 Å². The lowest BCUT2D eigenvalue weighted by Gasteiger charge is -2.19. The van der Waals surface area contributed by atoms with E-state index in [1.807, 2.05) is 24.6 Å². The van der Waals surface area contributed by atoms with E-state index in [-0.39, 0.29) is 0 Å². The lowest BCUT2D eigenvalue weighted by molar-refractivity contribution is 0.415. The summed E-state index contributed by atoms with van der Waals surface area (Å²) < 4.78 is 5.44. The van der Waals surface area contributed by atoms with E-state index >= 15 is 0 Å². The summed E-state index contributed by atoms with van der Waals surface area (Å²) in [4.78, 5) is 4.08. The van der Waals surface area contributed by atoms with Gasteiger partial charge in [-0.25, -0.2) is 0 Å². The molecule has 0 spiro atoms. The van der Waals surface area contributed by atoms with E-state index in [2.05, 4.69) is 90.8 Å². The van der Waals surface area contributed by atoms with Crippen LogP contribution < -0.4 is 15.2 Å². The van der Waals surface area contributed by atoms with Crippen molar-refractivity contribution in [3.63, 3.8) is 0 Å². The van der Waals surface area contributed by atoms with Crippen LogP contribution >= 0.6 is 0 Å². The van der Waals surface area contributed by atoms with Crippen LogP contribution in [0.15, 0.2) is 90.1 Å². The topological polar surface area (TPSA) is 21.6 Å². The number of nitrogens with zero attached hydrogens (tertiary/aromatic N) is 1. The van der Waals surface area contributed by atoms with Crippen molar-refractivity contribution in [2.75, 3.05) is 7.11 Å². The first-order valence-electron chi connectivity index (χ1n) is 13.6. The predicted molar refractivity (Wildman–Crippen MR) is 160 cm³/mol. The van der Waals surface area contributed by atoms with Crippen LogP contribution in [0.25, 0.3) is 28.9 Å². The summed E-state index contributed by atoms with van der Waals surface area (Å²) in [7, 11) is 1.73. The van der Waals surface area contributed by atoms with Crippen molar-refractivity contribution in [3.05, 3.63) is 128 Å². The van der Waals surface area contributed by atoms with Gasteiger partial charge in [-0.3, -0.25) is 4.99 Å². The molecule has 2 aliphatic carbocycles. The summed E-state index contributed by atoms with van der Waals surface area (Å²) >= 11 is 0. The molecule has 188 valence electrons. The van der Waals surface area contributed by atoms with Crippen LogP contribution in [0.1, 0.15) is 42.0 Å². The summed E-state index contributed by atoms with van der Waals surface area (Å²) in [5.41, 5.74) is 9.82. The molecule has 3 aliphatic rings. The third-order valence-corrected chi connectivity index (χ3v) is 7.97. The maximum atomic E-state index is 5.44. The molecule has 0 saturated heterocycles. The van der Waals surface area contributed by atoms with E-state index < -0.39 is 0 Å². The monoisotopic (exact) mass is 495 g/mol. The fourth-order valence-electron chi connectivity index (χ4n) is 6.01. The van der Waals surface area contributed by atoms with Gasteiger partial charge in [-0.05, 0) is 105 Å². The molecule has 4 aromatic carbocycles. The minimum Gasteiger partial charge on any atom is -0.497 e. The molecule has 4 aromatic rings. The number of aliphatic imine (C=N–C) groups is 1. The SMILES string of the molecule is C1=Cc2ccccc2CC=N1.COc1cccc(-c2cccc3c2=CCc2c4c(ccc2=3)=C(C)CCC4)c1. The molecular formula is C36H33NO. The van der Waals surface area contributed by atoms with E-state index in [4.69, 9.17) is 4.74 Å². The molecule has 2 heteroatoms. The smallest absolute Gasteiger partial charge is 0.119 e. The summed E-state index contributed by atoms with van der Waals surface area (Å²) in [6, 6.07) is 28.1. The van der Waals surface area contributed by atoms with Crippen LogP contribution in [0.2, 0.25) is 0 Å². The second kappa shape index (κ2) is 10.7. The van der Waals surface area contributed by atoms with Gasteiger partial charge in [0, 0.05) is 18.8 Å². The number of hydrogen-bond donors (Lipinski definition) is 0. The molecule has 1 aliphatic heterocycles. The number of rotatable bonds is 2. The van der Waals surface area contributed by atoms with Gasteiger partial charge in [-0.15, -0.1) is 0 Å². The van der Waals surface area contributed by atoms with Crippen LogP contribution in [0.5, 0.6) is 5.75 Å². The Morgan fingerprint density at radius 1 is 0.763 bits per heavy atom. The molecule has 0 unspecified atom stereocenters. The van der Waals surface area contributed by atoms with E-state index in [0.717, 1.165) is 18.6 Å². The normalized spacial score (nSPS) is 14.5. The highest BCUT2D eigenvalue weighted by molar-refractivity contribution is 5.70. The minimum atomic E-state index is 0.904. The Labute approximate surface area is 224 Å². The summed E-state index contributed by atoms with van der Waals surface area (Å²) in [5.74, 6) is 0.904. The van der Waals surface area contributed by atoms with Crippen molar-refractivity contribution in [1.29, 1.82) is 0 Å². The van der Waals surface area contributed by atoms with Gasteiger partial charge in [0.05, 0.1) is 7.11 Å². The molecule has 0 atom stereocenters. The fourth-order valence-corrected chi connectivity index (χ4v) is 6.01. The highest BCUT2D eigenvalue weighted by atomic mass is 16.5. The summed E-state index contributed by atoms with van der Waals surface area (Å²) in [6.45, 7) is 2.30. The predicted octanol–water partition coefficient (Wildman–Crippen LogP) is 6.78. The highest BCUT2D eigenvalue weighted by Crippen LogP contribution is 2.24. The minimum absolute atomic E-state index is 0.904. The average Bonchev–Trinajstić information content (AvgIpc) is 3.23. The molecule has 38 heavy (non-hydrogen) atoms. The van der Waals surface area contributed by atoms with Crippen molar-refractivity contribution in [2.45, 2.75) is 39.0 Å². The van der Waals surface area contributed by atoms with Gasteiger partial charge in [0.1, 0.15) is 5.75 Å². The van der Waals surface area contributed by atoms with Crippen LogP contribution in [0.3, 0.4) is 0 Å². The third kappa shape index (κ3) is 4.63. The summed E-state index contributed by atoms with van der Waals surface area (Å²) in [5, 5.41) is 5.64. The van der Waals surface area contributed by atoms with Gasteiger partial charge in [-0.1, -0.05) is 78.4 Å². The first kappa shape index (κ1) is 24.2. The maximum Gasteiger partial charge on any atom is 0.119 e. The zero-order chi connectivity index (χ0) is 25.9. The fraction of sp³-hybridized carbons (Fsp3) is 0.194. The number of benzene rings is 4. The van der Waals surface area contributed by atoms with Crippen molar-refractivity contribution >= 4 is 23.9 Å². The molecule has 0 fully saturated rings. The maximum absolute atomic E-state index is 5.44. The molecule has 0 radical (unpaired) electrons. The third-order valence-electron chi connectivity index (χ3n) is 7.97. The second-order valence-corrected chi connectivity index (χ2v) is 10.2. The van der Waals surface area contributed by atoms with Crippen LogP contribution in [0.4, 0.5) is 0 Å². The van der Waals surface area contributed by atoms with Gasteiger partial charge >= 0.3 is 0 Å². The lowest BCUT2D eigenvalue weighted by atomic mass is 9.85. The Bertz CT molecular complexity index is 1790. The van der Waals surface area contributed by atoms with Crippen LogP contribution in [-0.2, 0) is 19.3 Å². The largest absolute Gasteiger partial charge is 0.497 e. The Kier molecular flexibility index (Phi) is 6.79. The van der Waals surface area contributed by atoms with Gasteiger partial charge in [-0.2, -0.15) is 0 Å². The van der Waals surface area contributed by atoms with E-state index in [9.17, 15) is 0 Å². The molecule has 0 aromatic heterocycles. The van der Waals surface area contributed by atoms with Crippen LogP contribution in [-0.4, -0.2) is 13.3 Å². The first-order valence-corrected chi connectivity index (χ1v) is 13.6. The molecule has 0 N–H and O–H groups in total. The number of methoxy groups -OCH3 is 1. The van der Waals surface area contributed by atoms with Gasteiger partial charge in [0.25, 0.3) is 0 Å². The molecule has 0 amide bonds. The molecular weight excluding hydrogens is 462 g/mol. The van der Waals surface area contributed by atoms with Crippen molar-refractivity contribution in [1.82, 2.24) is 0 Å². The van der Waals surface area contributed by atoms with E-state index in [0.29, 0.717) is 0 Å². The highest BCUT2D eigenvalue weighted by Gasteiger charge is 2.15. The van der Waals surface area contributed by atoms with Crippen molar-refractivity contribution < 1.29 is 4.74 Å². The zero-order valence-corrected chi connectivity index (χ0v) is 22.2. The molecule has 2 nitrogen and oxygen atoms in total. The quantitative estimate of drug-likeness (QED) is 0.300. The van der Waals surface area contributed by atoms with Crippen molar-refractivity contribution in [2.24, 2.45) is 4.99 Å². The zero-order valence-electron chi connectivity index (χ0n) is 22.2. The Balaban J connectivity index is 0.000000200. The molecule has 0 bridgehead atoms. The number of fused-ring (bicyclic) bond motifs is 5. The Hall–Kier alpha value is -4.17. The van der Waals surface area contributed by atoms with E-state index in [1.165, 1.54) is 62.4 Å². The number of ether oxygens (including phenoxy) is 1. The molecule has 1 heterocycles. The van der Waals surface area contributed by atoms with Gasteiger partial charge in [0.2, 0.25) is 0 Å². The lowest BCUT2D eigenvalue weighted by Crippen LogP contribution is -2.22. The Morgan fingerprint density at radius 2 is 1.63 bits per heavy atom. The number of hydrogen-bond acceptors (Lipinski definition) is 2. The van der Waals surface area contributed by atoms with Gasteiger partial charge in [0.15, 0.2) is 0 Å². The van der Waals surface area contributed by atoms with Crippen molar-refractivity contribution in [3.8, 4) is 16.9 Å². The first-order chi connectivity index (χ1) is 18.7.